The number of halogens is 2. The molecule has 2 aromatic rings. The van der Waals surface area contributed by atoms with E-state index in [1.807, 2.05) is 0 Å². The van der Waals surface area contributed by atoms with Gasteiger partial charge in [0.05, 0.1) is 19.9 Å². The lowest BCUT2D eigenvalue weighted by molar-refractivity contribution is -0.111. The summed E-state index contributed by atoms with van der Waals surface area (Å²) in [5.41, 5.74) is 0.421. The first-order valence-electron chi connectivity index (χ1n) is 6.69. The number of amides is 1. The van der Waals surface area contributed by atoms with Crippen LogP contribution in [0.3, 0.4) is 0 Å². The fraction of sp³-hybridized carbons (Fsp3) is 0.118. The Morgan fingerprint density at radius 1 is 1.09 bits per heavy atom. The Balaban J connectivity index is 2.13. The zero-order valence-corrected chi connectivity index (χ0v) is 12.6. The number of hydrogen-bond acceptors (Lipinski definition) is 3. The number of hydrogen-bond donors (Lipinski definition) is 1. The molecule has 1 N–H and O–H groups in total. The van der Waals surface area contributed by atoms with Crippen molar-refractivity contribution in [2.45, 2.75) is 0 Å². The Labute approximate surface area is 132 Å². The number of carbonyl (C=O) groups is 1. The summed E-state index contributed by atoms with van der Waals surface area (Å²) in [6.07, 6.45) is 2.71. The third-order valence-electron chi connectivity index (χ3n) is 3.04. The minimum absolute atomic E-state index is 0.221. The van der Waals surface area contributed by atoms with Gasteiger partial charge in [-0.2, -0.15) is 0 Å². The number of anilines is 1. The van der Waals surface area contributed by atoms with Crippen LogP contribution >= 0.6 is 0 Å². The molecule has 0 saturated heterocycles. The summed E-state index contributed by atoms with van der Waals surface area (Å²) in [4.78, 5) is 11.8. The zero-order valence-electron chi connectivity index (χ0n) is 12.6. The highest BCUT2D eigenvalue weighted by molar-refractivity contribution is 6.02. The lowest BCUT2D eigenvalue weighted by Gasteiger charge is -2.07. The zero-order chi connectivity index (χ0) is 16.8. The van der Waals surface area contributed by atoms with Crippen LogP contribution < -0.4 is 14.8 Å². The van der Waals surface area contributed by atoms with Crippen molar-refractivity contribution in [2.75, 3.05) is 19.5 Å². The highest BCUT2D eigenvalue weighted by Crippen LogP contribution is 2.25. The largest absolute Gasteiger partial charge is 0.497 e. The number of carbonyl (C=O) groups excluding carboxylic acids is 1. The molecule has 0 spiro atoms. The summed E-state index contributed by atoms with van der Waals surface area (Å²) in [5.74, 6) is -0.805. The number of nitrogens with one attached hydrogen (secondary N) is 1. The first kappa shape index (κ1) is 16.5. The van der Waals surface area contributed by atoms with Gasteiger partial charge in [-0.05, 0) is 30.3 Å². The lowest BCUT2D eigenvalue weighted by Crippen LogP contribution is -2.09. The first-order valence-corrected chi connectivity index (χ1v) is 6.69. The number of benzene rings is 2. The number of rotatable bonds is 5. The van der Waals surface area contributed by atoms with Crippen molar-refractivity contribution < 1.29 is 23.0 Å². The van der Waals surface area contributed by atoms with Gasteiger partial charge < -0.3 is 14.8 Å². The maximum absolute atomic E-state index is 13.5. The van der Waals surface area contributed by atoms with E-state index in [1.54, 1.807) is 18.2 Å². The van der Waals surface area contributed by atoms with Crippen molar-refractivity contribution in [1.29, 1.82) is 0 Å². The van der Waals surface area contributed by atoms with Crippen molar-refractivity contribution in [3.63, 3.8) is 0 Å². The molecule has 0 aliphatic carbocycles. The second-order valence-corrected chi connectivity index (χ2v) is 4.55. The second-order valence-electron chi connectivity index (χ2n) is 4.55. The molecule has 0 fully saturated rings. The maximum Gasteiger partial charge on any atom is 0.248 e. The van der Waals surface area contributed by atoms with E-state index in [-0.39, 0.29) is 5.69 Å². The molecule has 0 aliphatic rings. The van der Waals surface area contributed by atoms with Gasteiger partial charge in [0.2, 0.25) is 5.91 Å². The van der Waals surface area contributed by atoms with Crippen LogP contribution in [-0.4, -0.2) is 20.1 Å². The Kier molecular flexibility index (Phi) is 5.30. The molecule has 0 aromatic heterocycles. The third-order valence-corrected chi connectivity index (χ3v) is 3.04. The summed E-state index contributed by atoms with van der Waals surface area (Å²) in [6, 6.07) is 7.93. The number of ether oxygens (including phenoxy) is 2. The average molecular weight is 319 g/mol. The van der Waals surface area contributed by atoms with E-state index in [9.17, 15) is 13.6 Å². The molecule has 0 atom stereocenters. The van der Waals surface area contributed by atoms with Gasteiger partial charge in [-0.1, -0.05) is 0 Å². The van der Waals surface area contributed by atoms with Crippen molar-refractivity contribution in [3.8, 4) is 11.5 Å². The van der Waals surface area contributed by atoms with Crippen LogP contribution in [0, 0.1) is 11.6 Å². The molecule has 120 valence electrons. The van der Waals surface area contributed by atoms with Gasteiger partial charge in [0.25, 0.3) is 0 Å². The minimum atomic E-state index is -0.713. The Hall–Kier alpha value is -2.89. The predicted molar refractivity (Wildman–Crippen MR) is 83.6 cm³/mol. The highest BCUT2D eigenvalue weighted by Gasteiger charge is 2.07. The molecule has 0 bridgehead atoms. The van der Waals surface area contributed by atoms with Gasteiger partial charge in [0, 0.05) is 23.8 Å². The number of methoxy groups -OCH3 is 2. The maximum atomic E-state index is 13.5. The van der Waals surface area contributed by atoms with Crippen LogP contribution in [0.2, 0.25) is 0 Å². The molecule has 23 heavy (non-hydrogen) atoms. The Morgan fingerprint density at radius 3 is 2.57 bits per heavy atom. The molecular formula is C17H15F2NO3. The topological polar surface area (TPSA) is 47.6 Å². The normalized spacial score (nSPS) is 10.6. The molecule has 0 radical (unpaired) electrons. The summed E-state index contributed by atoms with van der Waals surface area (Å²) in [7, 11) is 3.03. The van der Waals surface area contributed by atoms with Crippen LogP contribution in [0.5, 0.6) is 11.5 Å². The molecule has 0 heterocycles. The Morgan fingerprint density at radius 2 is 1.87 bits per heavy atom. The summed E-state index contributed by atoms with van der Waals surface area (Å²) in [5, 5.41) is 2.28. The molecule has 2 aromatic carbocycles. The van der Waals surface area contributed by atoms with E-state index >= 15 is 0 Å². The van der Waals surface area contributed by atoms with E-state index < -0.39 is 17.5 Å². The highest BCUT2D eigenvalue weighted by atomic mass is 19.1. The van der Waals surface area contributed by atoms with Crippen LogP contribution in [0.15, 0.2) is 42.5 Å². The SMILES string of the molecule is COc1ccc(/C=C/C(=O)Nc2cc(F)ccc2F)c(OC)c1. The Bertz CT molecular complexity index is 745. The van der Waals surface area contributed by atoms with Crippen molar-refractivity contribution in [1.82, 2.24) is 0 Å². The monoisotopic (exact) mass is 319 g/mol. The fourth-order valence-electron chi connectivity index (χ4n) is 1.89. The summed E-state index contributed by atoms with van der Waals surface area (Å²) < 4.78 is 36.8. The van der Waals surface area contributed by atoms with Crippen LogP contribution in [0.1, 0.15) is 5.56 Å². The van der Waals surface area contributed by atoms with E-state index in [1.165, 1.54) is 26.4 Å². The first-order chi connectivity index (χ1) is 11.0. The van der Waals surface area contributed by atoms with Crippen LogP contribution in [0.25, 0.3) is 6.08 Å². The molecule has 0 saturated carbocycles. The molecule has 0 unspecified atom stereocenters. The van der Waals surface area contributed by atoms with Gasteiger partial charge >= 0.3 is 0 Å². The van der Waals surface area contributed by atoms with Gasteiger partial charge in [0.15, 0.2) is 0 Å². The average Bonchev–Trinajstić information content (AvgIpc) is 2.56. The van der Waals surface area contributed by atoms with E-state index in [0.29, 0.717) is 17.1 Å². The van der Waals surface area contributed by atoms with E-state index in [0.717, 1.165) is 18.2 Å². The fourth-order valence-corrected chi connectivity index (χ4v) is 1.89. The lowest BCUT2D eigenvalue weighted by atomic mass is 10.1. The summed E-state index contributed by atoms with van der Waals surface area (Å²) >= 11 is 0. The molecule has 1 amide bonds. The molecule has 2 rings (SSSR count). The predicted octanol–water partition coefficient (Wildman–Crippen LogP) is 3.63. The third kappa shape index (κ3) is 4.29. The quantitative estimate of drug-likeness (QED) is 0.856. The van der Waals surface area contributed by atoms with Crippen molar-refractivity contribution in [3.05, 3.63) is 59.7 Å². The molecular weight excluding hydrogens is 304 g/mol. The molecule has 4 nitrogen and oxygen atoms in total. The minimum Gasteiger partial charge on any atom is -0.497 e. The van der Waals surface area contributed by atoms with Crippen LogP contribution in [0.4, 0.5) is 14.5 Å². The van der Waals surface area contributed by atoms with Gasteiger partial charge in [-0.3, -0.25) is 4.79 Å². The van der Waals surface area contributed by atoms with E-state index in [2.05, 4.69) is 5.32 Å². The van der Waals surface area contributed by atoms with Gasteiger partial charge in [0.1, 0.15) is 23.1 Å². The smallest absolute Gasteiger partial charge is 0.248 e. The van der Waals surface area contributed by atoms with Crippen molar-refractivity contribution in [2.24, 2.45) is 0 Å². The standard InChI is InChI=1S/C17H15F2NO3/c1-22-13-6-3-11(16(10-13)23-2)4-8-17(21)20-15-9-12(18)5-7-14(15)19/h3-10H,1-2H3,(H,20,21)/b8-4+. The van der Waals surface area contributed by atoms with Gasteiger partial charge in [-0.15, -0.1) is 0 Å². The molecule has 6 heteroatoms. The van der Waals surface area contributed by atoms with Gasteiger partial charge in [-0.25, -0.2) is 8.78 Å². The molecule has 0 aliphatic heterocycles. The van der Waals surface area contributed by atoms with Crippen LogP contribution in [-0.2, 0) is 4.79 Å². The van der Waals surface area contributed by atoms with Crippen molar-refractivity contribution >= 4 is 17.7 Å². The second kappa shape index (κ2) is 7.40. The van der Waals surface area contributed by atoms with E-state index in [4.69, 9.17) is 9.47 Å². The summed E-state index contributed by atoms with van der Waals surface area (Å²) in [6.45, 7) is 0.